The second-order valence-corrected chi connectivity index (χ2v) is 7.30. The van der Waals surface area contributed by atoms with Crippen LogP contribution < -0.4 is 10.1 Å². The van der Waals surface area contributed by atoms with E-state index >= 15 is 0 Å². The smallest absolute Gasteiger partial charge is 0.433 e. The summed E-state index contributed by atoms with van der Waals surface area (Å²) in [5.41, 5.74) is -2.13. The van der Waals surface area contributed by atoms with Gasteiger partial charge in [-0.1, -0.05) is 41.9 Å². The van der Waals surface area contributed by atoms with E-state index in [1.165, 1.54) is 13.2 Å². The van der Waals surface area contributed by atoms with Gasteiger partial charge in [-0.15, -0.1) is 0 Å². The maximum absolute atomic E-state index is 13.8. The molecule has 0 saturated carbocycles. The summed E-state index contributed by atoms with van der Waals surface area (Å²) in [6.45, 7) is 0. The summed E-state index contributed by atoms with van der Waals surface area (Å²) in [6.07, 6.45) is -4.83. The van der Waals surface area contributed by atoms with Gasteiger partial charge in [0.15, 0.2) is 17.0 Å². The minimum Gasteiger partial charge on any atom is -0.496 e. The molecule has 0 bridgehead atoms. The van der Waals surface area contributed by atoms with Crippen LogP contribution in [-0.2, 0) is 6.18 Å². The molecule has 4 rings (SSSR count). The number of carbonyl (C=O) groups is 1. The number of amides is 1. The van der Waals surface area contributed by atoms with Gasteiger partial charge >= 0.3 is 6.18 Å². The number of nitro groups is 1. The normalized spacial score (nSPS) is 11.4. The zero-order chi connectivity index (χ0) is 24.6. The third-order valence-electron chi connectivity index (χ3n) is 4.70. The van der Waals surface area contributed by atoms with Crippen LogP contribution in [0.2, 0.25) is 5.02 Å². The molecule has 2 aromatic carbocycles. The van der Waals surface area contributed by atoms with Crippen LogP contribution in [-0.4, -0.2) is 32.5 Å². The van der Waals surface area contributed by atoms with Crippen LogP contribution in [0.4, 0.5) is 24.5 Å². The molecule has 0 saturated heterocycles. The van der Waals surface area contributed by atoms with Gasteiger partial charge in [-0.25, -0.2) is 9.50 Å². The number of ether oxygens (including phenoxy) is 1. The van der Waals surface area contributed by atoms with Crippen molar-refractivity contribution in [2.24, 2.45) is 0 Å². The first-order valence-corrected chi connectivity index (χ1v) is 9.83. The van der Waals surface area contributed by atoms with E-state index in [2.05, 4.69) is 15.4 Å². The van der Waals surface area contributed by atoms with Crippen molar-refractivity contribution >= 4 is 34.5 Å². The van der Waals surface area contributed by atoms with Gasteiger partial charge in [-0.05, 0) is 6.07 Å². The van der Waals surface area contributed by atoms with Crippen LogP contribution in [0.1, 0.15) is 16.2 Å². The Hall–Kier alpha value is -4.19. The van der Waals surface area contributed by atoms with Crippen LogP contribution in [0, 0.1) is 10.1 Å². The highest BCUT2D eigenvalue weighted by Gasteiger charge is 2.36. The van der Waals surface area contributed by atoms with E-state index in [0.29, 0.717) is 10.1 Å². The molecule has 0 atom stereocenters. The fraction of sp³-hybridized carbons (Fsp3) is 0.0952. The molecule has 1 amide bonds. The zero-order valence-electron chi connectivity index (χ0n) is 17.1. The van der Waals surface area contributed by atoms with Crippen molar-refractivity contribution in [2.75, 3.05) is 12.4 Å². The number of aromatic nitrogens is 3. The van der Waals surface area contributed by atoms with Gasteiger partial charge in [-0.2, -0.15) is 18.3 Å². The summed E-state index contributed by atoms with van der Waals surface area (Å²) in [5, 5.41) is 16.8. The van der Waals surface area contributed by atoms with Crippen molar-refractivity contribution in [1.82, 2.24) is 14.6 Å². The van der Waals surface area contributed by atoms with E-state index in [0.717, 1.165) is 18.2 Å². The molecule has 0 aliphatic heterocycles. The van der Waals surface area contributed by atoms with Crippen LogP contribution in [0.5, 0.6) is 5.75 Å². The van der Waals surface area contributed by atoms with E-state index < -0.39 is 33.4 Å². The Kier molecular flexibility index (Phi) is 5.83. The molecule has 9 nitrogen and oxygen atoms in total. The lowest BCUT2D eigenvalue weighted by Gasteiger charge is -2.11. The zero-order valence-corrected chi connectivity index (χ0v) is 17.9. The molecule has 4 aromatic rings. The topological polar surface area (TPSA) is 112 Å². The lowest BCUT2D eigenvalue weighted by molar-refractivity contribution is -0.384. The van der Waals surface area contributed by atoms with Crippen LogP contribution in [0.15, 0.2) is 54.6 Å². The fourth-order valence-corrected chi connectivity index (χ4v) is 3.41. The lowest BCUT2D eigenvalue weighted by atomic mass is 10.1. The number of hydrogen-bond acceptors (Lipinski definition) is 6. The molecular weight excluding hydrogens is 479 g/mol. The third-order valence-corrected chi connectivity index (χ3v) is 5.05. The first kappa shape index (κ1) is 23.0. The average molecular weight is 492 g/mol. The molecule has 34 heavy (non-hydrogen) atoms. The maximum Gasteiger partial charge on any atom is 0.433 e. The molecule has 13 heteroatoms. The predicted octanol–water partition coefficient (Wildman–Crippen LogP) is 5.24. The van der Waals surface area contributed by atoms with Gasteiger partial charge in [0.1, 0.15) is 10.8 Å². The largest absolute Gasteiger partial charge is 0.496 e. The molecule has 0 fully saturated rings. The number of rotatable bonds is 5. The van der Waals surface area contributed by atoms with Gasteiger partial charge in [0.2, 0.25) is 0 Å². The highest BCUT2D eigenvalue weighted by Crippen LogP contribution is 2.35. The number of benzene rings is 2. The molecular formula is C21H13ClF3N5O4. The van der Waals surface area contributed by atoms with Gasteiger partial charge in [0, 0.05) is 17.7 Å². The number of methoxy groups -OCH3 is 1. The Balaban J connectivity index is 1.81. The Morgan fingerprint density at radius 2 is 1.88 bits per heavy atom. The summed E-state index contributed by atoms with van der Waals surface area (Å²) in [7, 11) is 1.28. The molecule has 2 heterocycles. The van der Waals surface area contributed by atoms with Crippen LogP contribution >= 0.6 is 11.6 Å². The first-order valence-electron chi connectivity index (χ1n) is 9.45. The molecule has 0 aliphatic carbocycles. The molecule has 0 spiro atoms. The number of nitro benzene ring substituents is 1. The first-order chi connectivity index (χ1) is 16.1. The van der Waals surface area contributed by atoms with Gasteiger partial charge in [-0.3, -0.25) is 14.9 Å². The second kappa shape index (κ2) is 8.63. The van der Waals surface area contributed by atoms with Crippen LogP contribution in [0.3, 0.4) is 0 Å². The van der Waals surface area contributed by atoms with Crippen molar-refractivity contribution < 1.29 is 27.6 Å². The second-order valence-electron chi connectivity index (χ2n) is 6.92. The minimum absolute atomic E-state index is 0.0161. The molecule has 174 valence electrons. The number of non-ortho nitro benzene ring substituents is 1. The van der Waals surface area contributed by atoms with Crippen molar-refractivity contribution in [2.45, 2.75) is 6.18 Å². The Labute approximate surface area is 193 Å². The van der Waals surface area contributed by atoms with Crippen molar-refractivity contribution in [3.63, 3.8) is 0 Å². The fourth-order valence-electron chi connectivity index (χ4n) is 3.16. The molecule has 0 radical (unpaired) electrons. The van der Waals surface area contributed by atoms with Gasteiger partial charge < -0.3 is 10.1 Å². The highest BCUT2D eigenvalue weighted by molar-refractivity contribution is 6.37. The lowest BCUT2D eigenvalue weighted by Crippen LogP contribution is -2.16. The number of alkyl halides is 3. The predicted molar refractivity (Wildman–Crippen MR) is 116 cm³/mol. The van der Waals surface area contributed by atoms with Gasteiger partial charge in [0.25, 0.3) is 11.6 Å². The van der Waals surface area contributed by atoms with E-state index in [1.54, 1.807) is 30.3 Å². The Morgan fingerprint density at radius 3 is 2.50 bits per heavy atom. The van der Waals surface area contributed by atoms with Crippen LogP contribution in [0.25, 0.3) is 16.9 Å². The number of anilines is 1. The van der Waals surface area contributed by atoms with Crippen molar-refractivity contribution in [3.05, 3.63) is 81.1 Å². The molecule has 0 unspecified atom stereocenters. The molecule has 2 aromatic heterocycles. The standard InChI is InChI=1S/C21H13ClF3N5O4/c1-34-14-8-12(7-13(9-14)30(32)33)26-20(31)18-17(22)19-27-15(11-5-3-2-4-6-11)10-16(21(23,24)25)29(19)28-18/h2-10H,1H3,(H,26,31). The SMILES string of the molecule is COc1cc(NC(=O)c2nn3c(C(F)(F)F)cc(-c4ccccc4)nc3c2Cl)cc([N+](=O)[O-])c1. The highest BCUT2D eigenvalue weighted by atomic mass is 35.5. The van der Waals surface area contributed by atoms with Gasteiger partial charge in [0.05, 0.1) is 29.5 Å². The third kappa shape index (κ3) is 4.35. The number of fused-ring (bicyclic) bond motifs is 1. The van der Waals surface area contributed by atoms with E-state index in [9.17, 15) is 28.1 Å². The Morgan fingerprint density at radius 1 is 1.18 bits per heavy atom. The number of carbonyl (C=O) groups excluding carboxylic acids is 1. The maximum atomic E-state index is 13.8. The quantitative estimate of drug-likeness (QED) is 0.302. The molecule has 0 aliphatic rings. The Bertz CT molecular complexity index is 1420. The monoisotopic (exact) mass is 491 g/mol. The number of hydrogen-bond donors (Lipinski definition) is 1. The summed E-state index contributed by atoms with van der Waals surface area (Å²) in [6, 6.07) is 12.4. The summed E-state index contributed by atoms with van der Waals surface area (Å²) in [4.78, 5) is 27.4. The number of nitrogens with zero attached hydrogens (tertiary/aromatic N) is 4. The van der Waals surface area contributed by atoms with Crippen molar-refractivity contribution in [1.29, 1.82) is 0 Å². The number of halogens is 4. The summed E-state index contributed by atoms with van der Waals surface area (Å²) in [5.74, 6) is -0.911. The minimum atomic E-state index is -4.83. The van der Waals surface area contributed by atoms with E-state index in [1.807, 2.05) is 0 Å². The number of nitrogens with one attached hydrogen (secondary N) is 1. The van der Waals surface area contributed by atoms with E-state index in [-0.39, 0.29) is 28.5 Å². The van der Waals surface area contributed by atoms with Crippen molar-refractivity contribution in [3.8, 4) is 17.0 Å². The summed E-state index contributed by atoms with van der Waals surface area (Å²) < 4.78 is 46.8. The average Bonchev–Trinajstić information content (AvgIpc) is 3.14. The summed E-state index contributed by atoms with van der Waals surface area (Å²) >= 11 is 6.23. The molecule has 1 N–H and O–H groups in total. The van der Waals surface area contributed by atoms with E-state index in [4.69, 9.17) is 16.3 Å².